The van der Waals surface area contributed by atoms with Gasteiger partial charge in [-0.3, -0.25) is 10.1 Å². The molecule has 0 radical (unpaired) electrons. The Kier molecular flexibility index (Phi) is 4.76. The summed E-state index contributed by atoms with van der Waals surface area (Å²) in [5.74, 6) is 0.549. The van der Waals surface area contributed by atoms with Crippen molar-refractivity contribution in [1.82, 2.24) is 5.32 Å². The second-order valence-corrected chi connectivity index (χ2v) is 5.59. The number of nitro benzene ring substituents is 1. The highest BCUT2D eigenvalue weighted by Crippen LogP contribution is 2.33. The number of hydrogen-bond donors (Lipinski definition) is 1. The lowest BCUT2D eigenvalue weighted by Gasteiger charge is -2.36. The highest BCUT2D eigenvalue weighted by Gasteiger charge is 2.30. The quantitative estimate of drug-likeness (QED) is 0.643. The molecule has 2 rings (SSSR count). The van der Waals surface area contributed by atoms with Crippen molar-refractivity contribution in [3.63, 3.8) is 0 Å². The van der Waals surface area contributed by atoms with Crippen molar-refractivity contribution < 1.29 is 9.66 Å². The summed E-state index contributed by atoms with van der Waals surface area (Å²) in [5.41, 5.74) is 0.0539. The molecule has 1 aliphatic carbocycles. The molecule has 0 unspecified atom stereocenters. The van der Waals surface area contributed by atoms with Gasteiger partial charge in [0, 0.05) is 12.1 Å². The molecule has 0 aliphatic heterocycles. The number of nitrogens with zero attached hydrogens (tertiary/aromatic N) is 1. The van der Waals surface area contributed by atoms with E-state index < -0.39 is 4.92 Å². The molecule has 0 saturated heterocycles. The van der Waals surface area contributed by atoms with Crippen LogP contribution in [0.2, 0.25) is 0 Å². The van der Waals surface area contributed by atoms with Crippen LogP contribution in [0.25, 0.3) is 0 Å². The van der Waals surface area contributed by atoms with Gasteiger partial charge in [0.05, 0.1) is 15.5 Å². The van der Waals surface area contributed by atoms with E-state index in [1.807, 2.05) is 0 Å². The Balaban J connectivity index is 1.90. The minimum atomic E-state index is -0.411. The zero-order valence-corrected chi connectivity index (χ0v) is 12.4. The van der Waals surface area contributed by atoms with Crippen molar-refractivity contribution >= 4 is 21.6 Å². The van der Waals surface area contributed by atoms with Gasteiger partial charge in [-0.25, -0.2) is 0 Å². The van der Waals surface area contributed by atoms with Crippen LogP contribution >= 0.6 is 15.9 Å². The number of non-ortho nitro benzene ring substituents is 1. The van der Waals surface area contributed by atoms with Gasteiger partial charge in [-0.05, 0) is 47.8 Å². The van der Waals surface area contributed by atoms with E-state index in [1.165, 1.54) is 12.1 Å². The molecular weight excluding hydrogens is 312 g/mol. The van der Waals surface area contributed by atoms with Crippen LogP contribution in [0.3, 0.4) is 0 Å². The maximum atomic E-state index is 10.7. The fraction of sp³-hybridized carbons (Fsp3) is 0.538. The van der Waals surface area contributed by atoms with Crippen molar-refractivity contribution in [2.75, 3.05) is 6.54 Å². The predicted octanol–water partition coefficient (Wildman–Crippen LogP) is 3.27. The molecule has 1 saturated carbocycles. The van der Waals surface area contributed by atoms with E-state index in [1.54, 1.807) is 6.07 Å². The van der Waals surface area contributed by atoms with Crippen molar-refractivity contribution in [3.05, 3.63) is 32.8 Å². The molecular formula is C13H17BrN2O3. The van der Waals surface area contributed by atoms with Crippen LogP contribution in [0, 0.1) is 10.1 Å². The molecule has 1 aliphatic rings. The minimum absolute atomic E-state index is 0.0539. The van der Waals surface area contributed by atoms with Crippen LogP contribution in [0.15, 0.2) is 22.7 Å². The largest absolute Gasteiger partial charge is 0.489 e. The maximum Gasteiger partial charge on any atom is 0.273 e. The lowest BCUT2D eigenvalue weighted by molar-refractivity contribution is -0.385. The van der Waals surface area contributed by atoms with Crippen molar-refractivity contribution in [3.8, 4) is 5.75 Å². The van der Waals surface area contributed by atoms with Gasteiger partial charge in [0.15, 0.2) is 0 Å². The van der Waals surface area contributed by atoms with Gasteiger partial charge < -0.3 is 10.1 Å². The first-order valence-corrected chi connectivity index (χ1v) is 7.23. The van der Waals surface area contributed by atoms with Crippen LogP contribution in [0.5, 0.6) is 5.75 Å². The molecule has 0 aromatic heterocycles. The number of ether oxygens (including phenoxy) is 1. The van der Waals surface area contributed by atoms with Crippen LogP contribution in [0.4, 0.5) is 5.69 Å². The Labute approximate surface area is 120 Å². The lowest BCUT2D eigenvalue weighted by Crippen LogP contribution is -2.47. The molecule has 0 atom stereocenters. The average Bonchev–Trinajstić information content (AvgIpc) is 2.33. The van der Waals surface area contributed by atoms with E-state index in [0.29, 0.717) is 11.8 Å². The van der Waals surface area contributed by atoms with E-state index in [4.69, 9.17) is 4.74 Å². The number of hydrogen-bond acceptors (Lipinski definition) is 4. The molecule has 0 amide bonds. The van der Waals surface area contributed by atoms with Gasteiger partial charge in [0.25, 0.3) is 5.69 Å². The normalized spacial score (nSPS) is 21.8. The fourth-order valence-corrected chi connectivity index (χ4v) is 2.39. The topological polar surface area (TPSA) is 64.4 Å². The monoisotopic (exact) mass is 328 g/mol. The van der Waals surface area contributed by atoms with Crippen LogP contribution in [0.1, 0.15) is 26.2 Å². The zero-order valence-electron chi connectivity index (χ0n) is 10.8. The van der Waals surface area contributed by atoms with E-state index in [0.717, 1.165) is 30.3 Å². The molecule has 104 valence electrons. The SMILES string of the molecule is CCCNC1CC(Oc2cc([N+](=O)[O-])ccc2Br)C1. The summed E-state index contributed by atoms with van der Waals surface area (Å²) in [7, 11) is 0. The lowest BCUT2D eigenvalue weighted by atomic mass is 9.89. The Morgan fingerprint density at radius 1 is 1.53 bits per heavy atom. The first-order valence-electron chi connectivity index (χ1n) is 6.44. The van der Waals surface area contributed by atoms with Gasteiger partial charge in [0.1, 0.15) is 11.9 Å². The number of benzene rings is 1. The number of halogens is 1. The second kappa shape index (κ2) is 6.34. The van der Waals surface area contributed by atoms with E-state index >= 15 is 0 Å². The third kappa shape index (κ3) is 3.67. The average molecular weight is 329 g/mol. The molecule has 6 heteroatoms. The molecule has 19 heavy (non-hydrogen) atoms. The molecule has 5 nitrogen and oxygen atoms in total. The van der Waals surface area contributed by atoms with Gasteiger partial charge in [-0.2, -0.15) is 0 Å². The Hall–Kier alpha value is -1.14. The van der Waals surface area contributed by atoms with E-state index in [9.17, 15) is 10.1 Å². The molecule has 0 heterocycles. The molecule has 1 aromatic carbocycles. The molecule has 1 fully saturated rings. The summed E-state index contributed by atoms with van der Waals surface area (Å²) < 4.78 is 6.54. The molecule has 1 aromatic rings. The van der Waals surface area contributed by atoms with Gasteiger partial charge in [0.2, 0.25) is 0 Å². The van der Waals surface area contributed by atoms with Crippen molar-refractivity contribution in [2.45, 2.75) is 38.3 Å². The number of nitro groups is 1. The van der Waals surface area contributed by atoms with Crippen molar-refractivity contribution in [1.29, 1.82) is 0 Å². The maximum absolute atomic E-state index is 10.7. The molecule has 1 N–H and O–H groups in total. The van der Waals surface area contributed by atoms with E-state index in [-0.39, 0.29) is 11.8 Å². The number of nitrogens with one attached hydrogen (secondary N) is 1. The predicted molar refractivity (Wildman–Crippen MR) is 76.5 cm³/mol. The molecule has 0 spiro atoms. The van der Waals surface area contributed by atoms with Crippen LogP contribution in [-0.2, 0) is 0 Å². The highest BCUT2D eigenvalue weighted by molar-refractivity contribution is 9.10. The summed E-state index contributed by atoms with van der Waals surface area (Å²) in [6.45, 7) is 3.16. The minimum Gasteiger partial charge on any atom is -0.489 e. The first kappa shape index (κ1) is 14.3. The summed E-state index contributed by atoms with van der Waals surface area (Å²) >= 11 is 3.36. The third-order valence-electron chi connectivity index (χ3n) is 3.20. The summed E-state index contributed by atoms with van der Waals surface area (Å²) in [5, 5.41) is 14.2. The van der Waals surface area contributed by atoms with Crippen LogP contribution in [-0.4, -0.2) is 23.6 Å². The first-order chi connectivity index (χ1) is 9.10. The Morgan fingerprint density at radius 2 is 2.26 bits per heavy atom. The van der Waals surface area contributed by atoms with Crippen molar-refractivity contribution in [2.24, 2.45) is 0 Å². The summed E-state index contributed by atoms with van der Waals surface area (Å²) in [6, 6.07) is 5.10. The summed E-state index contributed by atoms with van der Waals surface area (Å²) in [6.07, 6.45) is 3.18. The Bertz CT molecular complexity index is 461. The highest BCUT2D eigenvalue weighted by atomic mass is 79.9. The second-order valence-electron chi connectivity index (χ2n) is 4.73. The standard InChI is InChI=1S/C13H17BrN2O3/c1-2-5-15-9-6-11(7-9)19-13-8-10(16(17)18)3-4-12(13)14/h3-4,8-9,11,15H,2,5-7H2,1H3. The zero-order chi connectivity index (χ0) is 13.8. The number of rotatable bonds is 6. The Morgan fingerprint density at radius 3 is 2.89 bits per heavy atom. The van der Waals surface area contributed by atoms with Gasteiger partial charge in [-0.1, -0.05) is 6.92 Å². The van der Waals surface area contributed by atoms with Gasteiger partial charge >= 0.3 is 0 Å². The third-order valence-corrected chi connectivity index (χ3v) is 3.85. The smallest absolute Gasteiger partial charge is 0.273 e. The van der Waals surface area contributed by atoms with E-state index in [2.05, 4.69) is 28.2 Å². The fourth-order valence-electron chi connectivity index (χ4n) is 2.05. The summed E-state index contributed by atoms with van der Waals surface area (Å²) in [4.78, 5) is 10.3. The van der Waals surface area contributed by atoms with Gasteiger partial charge in [-0.15, -0.1) is 0 Å². The molecule has 0 bridgehead atoms. The van der Waals surface area contributed by atoms with Crippen LogP contribution < -0.4 is 10.1 Å².